The topological polar surface area (TPSA) is 60.2 Å². The zero-order valence-corrected chi connectivity index (χ0v) is 11.0. The first kappa shape index (κ1) is 13.5. The molecule has 0 fully saturated rings. The van der Waals surface area contributed by atoms with Crippen molar-refractivity contribution in [3.63, 3.8) is 0 Å². The van der Waals surface area contributed by atoms with Gasteiger partial charge < -0.3 is 5.73 Å². The number of sulfone groups is 1. The van der Waals surface area contributed by atoms with E-state index in [-0.39, 0.29) is 11.8 Å². The first-order chi connectivity index (χ1) is 7.31. The Morgan fingerprint density at radius 1 is 1.44 bits per heavy atom. The third kappa shape index (κ3) is 3.77. The summed E-state index contributed by atoms with van der Waals surface area (Å²) in [6, 6.07) is 5.27. The van der Waals surface area contributed by atoms with E-state index < -0.39 is 9.84 Å². The summed E-state index contributed by atoms with van der Waals surface area (Å²) in [6.45, 7) is 1.90. The second kappa shape index (κ2) is 5.17. The summed E-state index contributed by atoms with van der Waals surface area (Å²) >= 11 is 6.11. The molecule has 1 unspecified atom stereocenters. The predicted octanol–water partition coefficient (Wildman–Crippen LogP) is 2.08. The highest BCUT2D eigenvalue weighted by atomic mass is 35.5. The van der Waals surface area contributed by atoms with Crippen molar-refractivity contribution in [1.82, 2.24) is 0 Å². The van der Waals surface area contributed by atoms with Gasteiger partial charge in [-0.25, -0.2) is 8.42 Å². The van der Waals surface area contributed by atoms with Crippen molar-refractivity contribution in [2.45, 2.75) is 19.4 Å². The maximum Gasteiger partial charge on any atom is 0.147 e. The van der Waals surface area contributed by atoms with Gasteiger partial charge in [0.25, 0.3) is 0 Å². The standard InChI is InChI=1S/C11H16ClNO2S/c1-8-4-3-5-9(11(8)12)10(13)6-7-16(2,14)15/h3-5,10H,6-7,13H2,1-2H3. The van der Waals surface area contributed by atoms with Gasteiger partial charge in [-0.2, -0.15) is 0 Å². The van der Waals surface area contributed by atoms with Gasteiger partial charge >= 0.3 is 0 Å². The maximum absolute atomic E-state index is 11.0. The van der Waals surface area contributed by atoms with E-state index in [1.54, 1.807) is 0 Å². The quantitative estimate of drug-likeness (QED) is 0.903. The second-order valence-electron chi connectivity index (χ2n) is 4.00. The number of nitrogens with two attached hydrogens (primary N) is 1. The van der Waals surface area contributed by atoms with Crippen LogP contribution in [0.4, 0.5) is 0 Å². The molecule has 0 saturated carbocycles. The Hall–Kier alpha value is -0.580. The predicted molar refractivity (Wildman–Crippen MR) is 67.4 cm³/mol. The average Bonchev–Trinajstić information content (AvgIpc) is 2.17. The highest BCUT2D eigenvalue weighted by Gasteiger charge is 2.13. The number of rotatable bonds is 4. The Morgan fingerprint density at radius 2 is 2.06 bits per heavy atom. The maximum atomic E-state index is 11.0. The molecular weight excluding hydrogens is 246 g/mol. The SMILES string of the molecule is Cc1cccc(C(N)CCS(C)(=O)=O)c1Cl. The molecule has 90 valence electrons. The monoisotopic (exact) mass is 261 g/mol. The van der Waals surface area contributed by atoms with Gasteiger partial charge in [-0.3, -0.25) is 0 Å². The van der Waals surface area contributed by atoms with Gasteiger partial charge in [-0.1, -0.05) is 29.8 Å². The van der Waals surface area contributed by atoms with Crippen molar-refractivity contribution in [3.05, 3.63) is 34.3 Å². The van der Waals surface area contributed by atoms with Crippen LogP contribution in [0.1, 0.15) is 23.6 Å². The third-order valence-corrected chi connectivity index (χ3v) is 3.91. The highest BCUT2D eigenvalue weighted by molar-refractivity contribution is 7.90. The number of hydrogen-bond acceptors (Lipinski definition) is 3. The van der Waals surface area contributed by atoms with Crippen LogP contribution >= 0.6 is 11.6 Å². The summed E-state index contributed by atoms with van der Waals surface area (Å²) in [6.07, 6.45) is 1.60. The molecule has 0 aliphatic rings. The van der Waals surface area contributed by atoms with E-state index in [1.165, 1.54) is 6.26 Å². The van der Waals surface area contributed by atoms with Gasteiger partial charge in [0.05, 0.1) is 5.75 Å². The zero-order valence-electron chi connectivity index (χ0n) is 9.40. The fourth-order valence-corrected chi connectivity index (χ4v) is 2.40. The average molecular weight is 262 g/mol. The van der Waals surface area contributed by atoms with Gasteiger partial charge in [-0.05, 0) is 24.5 Å². The van der Waals surface area contributed by atoms with E-state index in [0.717, 1.165) is 11.1 Å². The molecule has 1 rings (SSSR count). The molecule has 0 spiro atoms. The summed E-state index contributed by atoms with van der Waals surface area (Å²) < 4.78 is 22.1. The molecule has 0 radical (unpaired) electrons. The molecule has 0 saturated heterocycles. The molecule has 1 aromatic rings. The summed E-state index contributed by atoms with van der Waals surface area (Å²) in [5, 5.41) is 0.628. The van der Waals surface area contributed by atoms with Gasteiger partial charge in [0.2, 0.25) is 0 Å². The van der Waals surface area contributed by atoms with Crippen molar-refractivity contribution >= 4 is 21.4 Å². The van der Waals surface area contributed by atoms with E-state index in [4.69, 9.17) is 17.3 Å². The van der Waals surface area contributed by atoms with Crippen molar-refractivity contribution in [3.8, 4) is 0 Å². The Kier molecular flexibility index (Phi) is 4.35. The number of hydrogen-bond donors (Lipinski definition) is 1. The molecule has 0 bridgehead atoms. The Labute approximate surface area is 102 Å². The zero-order chi connectivity index (χ0) is 12.3. The lowest BCUT2D eigenvalue weighted by atomic mass is 10.0. The van der Waals surface area contributed by atoms with Crippen LogP contribution in [0.2, 0.25) is 5.02 Å². The fourth-order valence-electron chi connectivity index (χ4n) is 1.45. The van der Waals surface area contributed by atoms with Crippen molar-refractivity contribution in [1.29, 1.82) is 0 Å². The lowest BCUT2D eigenvalue weighted by Crippen LogP contribution is -2.16. The molecule has 3 nitrogen and oxygen atoms in total. The summed E-state index contributed by atoms with van der Waals surface area (Å²) in [4.78, 5) is 0. The molecule has 0 aliphatic heterocycles. The molecule has 0 aromatic heterocycles. The normalized spacial score (nSPS) is 13.8. The van der Waals surface area contributed by atoms with Gasteiger partial charge in [0, 0.05) is 17.3 Å². The third-order valence-electron chi connectivity index (χ3n) is 2.42. The van der Waals surface area contributed by atoms with Gasteiger partial charge in [-0.15, -0.1) is 0 Å². The minimum Gasteiger partial charge on any atom is -0.324 e. The number of halogens is 1. The van der Waals surface area contributed by atoms with Crippen molar-refractivity contribution in [2.24, 2.45) is 5.73 Å². The molecule has 1 atom stereocenters. The first-order valence-electron chi connectivity index (χ1n) is 4.99. The lowest BCUT2D eigenvalue weighted by molar-refractivity contribution is 0.591. The van der Waals surface area contributed by atoms with Crippen LogP contribution in [0.3, 0.4) is 0 Å². The molecule has 0 aliphatic carbocycles. The van der Waals surface area contributed by atoms with E-state index in [1.807, 2.05) is 25.1 Å². The lowest BCUT2D eigenvalue weighted by Gasteiger charge is -2.14. The minimum absolute atomic E-state index is 0.0818. The van der Waals surface area contributed by atoms with Crippen LogP contribution in [0, 0.1) is 6.92 Å². The van der Waals surface area contributed by atoms with Crippen LogP contribution in [-0.4, -0.2) is 20.4 Å². The largest absolute Gasteiger partial charge is 0.324 e. The van der Waals surface area contributed by atoms with Gasteiger partial charge in [0.1, 0.15) is 9.84 Å². The Morgan fingerprint density at radius 3 is 2.62 bits per heavy atom. The van der Waals surface area contributed by atoms with E-state index in [9.17, 15) is 8.42 Å². The number of benzene rings is 1. The van der Waals surface area contributed by atoms with E-state index in [0.29, 0.717) is 11.4 Å². The first-order valence-corrected chi connectivity index (χ1v) is 7.43. The molecule has 0 amide bonds. The Balaban J connectivity index is 2.81. The molecular formula is C11H16ClNO2S. The molecule has 5 heteroatoms. The van der Waals surface area contributed by atoms with E-state index in [2.05, 4.69) is 0 Å². The van der Waals surface area contributed by atoms with Crippen LogP contribution < -0.4 is 5.73 Å². The smallest absolute Gasteiger partial charge is 0.147 e. The van der Waals surface area contributed by atoms with Crippen molar-refractivity contribution < 1.29 is 8.42 Å². The fraction of sp³-hybridized carbons (Fsp3) is 0.455. The van der Waals surface area contributed by atoms with Crippen LogP contribution in [0.25, 0.3) is 0 Å². The number of aryl methyl sites for hydroxylation is 1. The molecule has 1 aromatic carbocycles. The summed E-state index contributed by atoms with van der Waals surface area (Å²) in [5.41, 5.74) is 7.69. The van der Waals surface area contributed by atoms with Crippen LogP contribution in [0.15, 0.2) is 18.2 Å². The highest BCUT2D eigenvalue weighted by Crippen LogP contribution is 2.26. The molecule has 16 heavy (non-hydrogen) atoms. The summed E-state index contributed by atoms with van der Waals surface area (Å²) in [5.74, 6) is 0.0818. The summed E-state index contributed by atoms with van der Waals surface area (Å²) in [7, 11) is -2.97. The van der Waals surface area contributed by atoms with Crippen molar-refractivity contribution in [2.75, 3.05) is 12.0 Å². The second-order valence-corrected chi connectivity index (χ2v) is 6.64. The van der Waals surface area contributed by atoms with Crippen LogP contribution in [0.5, 0.6) is 0 Å². The van der Waals surface area contributed by atoms with E-state index >= 15 is 0 Å². The van der Waals surface area contributed by atoms with Gasteiger partial charge in [0.15, 0.2) is 0 Å². The Bertz CT molecular complexity index is 471. The minimum atomic E-state index is -2.97. The van der Waals surface area contributed by atoms with Crippen LogP contribution in [-0.2, 0) is 9.84 Å². The molecule has 0 heterocycles. The molecule has 2 N–H and O–H groups in total.